The molecule has 1 heterocycles. The summed E-state index contributed by atoms with van der Waals surface area (Å²) < 4.78 is 24.0. The highest BCUT2D eigenvalue weighted by molar-refractivity contribution is 5.48. The van der Waals surface area contributed by atoms with Crippen LogP contribution in [-0.2, 0) is 6.42 Å². The zero-order valence-electron chi connectivity index (χ0n) is 10.9. The molecule has 1 unspecified atom stereocenters. The van der Waals surface area contributed by atoms with E-state index in [1.54, 1.807) is 12.1 Å². The van der Waals surface area contributed by atoms with E-state index in [9.17, 15) is 9.50 Å². The van der Waals surface area contributed by atoms with Crippen LogP contribution in [0, 0.1) is 5.82 Å². The summed E-state index contributed by atoms with van der Waals surface area (Å²) in [5.74, 6) is 0.984. The molecule has 0 bridgehead atoms. The lowest BCUT2D eigenvalue weighted by Crippen LogP contribution is -2.17. The summed E-state index contributed by atoms with van der Waals surface area (Å²) in [5.41, 5.74) is 1.57. The molecule has 3 rings (SSSR count). The summed E-state index contributed by atoms with van der Waals surface area (Å²) in [7, 11) is 0. The number of fused-ring (bicyclic) bond motifs is 1. The zero-order chi connectivity index (χ0) is 13.9. The maximum Gasteiger partial charge on any atom is 0.167 e. The molecule has 104 valence electrons. The maximum absolute atomic E-state index is 12.9. The summed E-state index contributed by atoms with van der Waals surface area (Å²) in [5, 5.41) is 10.4. The van der Waals surface area contributed by atoms with E-state index < -0.39 is 6.10 Å². The molecule has 0 saturated carbocycles. The van der Waals surface area contributed by atoms with Gasteiger partial charge in [-0.15, -0.1) is 0 Å². The molecule has 0 radical (unpaired) electrons. The summed E-state index contributed by atoms with van der Waals surface area (Å²) in [6, 6.07) is 11.6. The van der Waals surface area contributed by atoms with Gasteiger partial charge >= 0.3 is 0 Å². The highest BCUT2D eigenvalue weighted by atomic mass is 19.1. The van der Waals surface area contributed by atoms with Crippen molar-refractivity contribution in [3.8, 4) is 11.5 Å². The number of rotatable bonds is 3. The van der Waals surface area contributed by atoms with Crippen molar-refractivity contribution in [2.24, 2.45) is 0 Å². The number of benzene rings is 2. The Balaban J connectivity index is 1.83. The third kappa shape index (κ3) is 2.60. The molecule has 1 aliphatic rings. The van der Waals surface area contributed by atoms with Crippen molar-refractivity contribution in [1.82, 2.24) is 0 Å². The highest BCUT2D eigenvalue weighted by Gasteiger charge is 2.20. The zero-order valence-corrected chi connectivity index (χ0v) is 10.9. The summed E-state index contributed by atoms with van der Waals surface area (Å²) >= 11 is 0. The smallest absolute Gasteiger partial charge is 0.167 e. The van der Waals surface area contributed by atoms with Crippen LogP contribution in [0.1, 0.15) is 17.2 Å². The predicted octanol–water partition coefficient (Wildman–Crippen LogP) is 2.87. The van der Waals surface area contributed by atoms with Gasteiger partial charge in [0.25, 0.3) is 0 Å². The molecule has 1 atom stereocenters. The van der Waals surface area contributed by atoms with Gasteiger partial charge in [0, 0.05) is 12.0 Å². The fraction of sp³-hybridized carbons (Fsp3) is 0.250. The van der Waals surface area contributed by atoms with E-state index in [0.717, 1.165) is 5.56 Å². The number of hydrogen-bond acceptors (Lipinski definition) is 3. The molecular formula is C16H15FO3. The minimum atomic E-state index is -0.711. The highest BCUT2D eigenvalue weighted by Crippen LogP contribution is 2.37. The number of halogens is 1. The molecule has 0 saturated heterocycles. The lowest BCUT2D eigenvalue weighted by atomic mass is 10.00. The van der Waals surface area contributed by atoms with Crippen LogP contribution in [0.25, 0.3) is 0 Å². The molecule has 0 aromatic heterocycles. The van der Waals surface area contributed by atoms with Crippen molar-refractivity contribution in [2.45, 2.75) is 12.5 Å². The third-order valence-corrected chi connectivity index (χ3v) is 3.30. The van der Waals surface area contributed by atoms with E-state index in [-0.39, 0.29) is 5.82 Å². The van der Waals surface area contributed by atoms with Crippen LogP contribution in [0.15, 0.2) is 42.5 Å². The minimum Gasteiger partial charge on any atom is -0.486 e. The first-order valence-corrected chi connectivity index (χ1v) is 6.55. The maximum atomic E-state index is 12.9. The Labute approximate surface area is 116 Å². The largest absolute Gasteiger partial charge is 0.486 e. The van der Waals surface area contributed by atoms with Crippen LogP contribution in [0.5, 0.6) is 11.5 Å². The van der Waals surface area contributed by atoms with Crippen LogP contribution in [0.4, 0.5) is 4.39 Å². The normalized spacial score (nSPS) is 14.9. The molecular weight excluding hydrogens is 259 g/mol. The van der Waals surface area contributed by atoms with Gasteiger partial charge < -0.3 is 14.6 Å². The van der Waals surface area contributed by atoms with Gasteiger partial charge in [0.05, 0.1) is 6.10 Å². The standard InChI is InChI=1S/C16H15FO3/c17-12-6-4-11(5-7-12)10-14(18)13-2-1-3-15-16(13)20-9-8-19-15/h1-7,14,18H,8-10H2. The van der Waals surface area contributed by atoms with Crippen molar-refractivity contribution in [1.29, 1.82) is 0 Å². The van der Waals surface area contributed by atoms with Crippen molar-refractivity contribution in [3.05, 3.63) is 59.4 Å². The summed E-state index contributed by atoms with van der Waals surface area (Å²) in [4.78, 5) is 0. The topological polar surface area (TPSA) is 38.7 Å². The molecule has 3 nitrogen and oxygen atoms in total. The average Bonchev–Trinajstić information content (AvgIpc) is 2.49. The second kappa shape index (κ2) is 5.51. The Morgan fingerprint density at radius 3 is 2.60 bits per heavy atom. The van der Waals surface area contributed by atoms with Crippen LogP contribution in [0.2, 0.25) is 0 Å². The second-order valence-corrected chi connectivity index (χ2v) is 4.72. The van der Waals surface area contributed by atoms with Gasteiger partial charge in [0.15, 0.2) is 11.5 Å². The second-order valence-electron chi connectivity index (χ2n) is 4.72. The number of aliphatic hydroxyl groups is 1. The van der Waals surface area contributed by atoms with Crippen LogP contribution in [0.3, 0.4) is 0 Å². The first-order valence-electron chi connectivity index (χ1n) is 6.55. The third-order valence-electron chi connectivity index (χ3n) is 3.30. The number of ether oxygens (including phenoxy) is 2. The Morgan fingerprint density at radius 1 is 1.05 bits per heavy atom. The van der Waals surface area contributed by atoms with E-state index >= 15 is 0 Å². The quantitative estimate of drug-likeness (QED) is 0.935. The fourth-order valence-corrected chi connectivity index (χ4v) is 2.31. The van der Waals surface area contributed by atoms with Gasteiger partial charge in [0.2, 0.25) is 0 Å². The van der Waals surface area contributed by atoms with Crippen LogP contribution in [-0.4, -0.2) is 18.3 Å². The van der Waals surface area contributed by atoms with E-state index in [1.165, 1.54) is 12.1 Å². The number of aliphatic hydroxyl groups excluding tert-OH is 1. The monoisotopic (exact) mass is 274 g/mol. The molecule has 4 heteroatoms. The molecule has 0 fully saturated rings. The van der Waals surface area contributed by atoms with Crippen LogP contribution >= 0.6 is 0 Å². The Kier molecular flexibility index (Phi) is 3.56. The molecule has 0 amide bonds. The molecule has 1 N–H and O–H groups in total. The van der Waals surface area contributed by atoms with E-state index in [1.807, 2.05) is 18.2 Å². The van der Waals surface area contributed by atoms with Crippen LogP contribution < -0.4 is 9.47 Å². The van der Waals surface area contributed by atoms with E-state index in [0.29, 0.717) is 36.7 Å². The van der Waals surface area contributed by atoms with Gasteiger partial charge in [-0.25, -0.2) is 4.39 Å². The average molecular weight is 274 g/mol. The SMILES string of the molecule is OC(Cc1ccc(F)cc1)c1cccc2c1OCCO2. The molecule has 20 heavy (non-hydrogen) atoms. The fourth-order valence-electron chi connectivity index (χ4n) is 2.31. The molecule has 2 aromatic carbocycles. The molecule has 0 aliphatic carbocycles. The summed E-state index contributed by atoms with van der Waals surface area (Å²) in [6.07, 6.45) is -0.308. The van der Waals surface area contributed by atoms with Gasteiger partial charge in [-0.1, -0.05) is 24.3 Å². The van der Waals surface area contributed by atoms with Crippen molar-refractivity contribution < 1.29 is 19.0 Å². The molecule has 2 aromatic rings. The van der Waals surface area contributed by atoms with Gasteiger partial charge in [-0.05, 0) is 23.8 Å². The lowest BCUT2D eigenvalue weighted by Gasteiger charge is -2.23. The van der Waals surface area contributed by atoms with Crippen molar-refractivity contribution in [3.63, 3.8) is 0 Å². The van der Waals surface area contributed by atoms with Crippen molar-refractivity contribution >= 4 is 0 Å². The minimum absolute atomic E-state index is 0.280. The van der Waals surface area contributed by atoms with Crippen molar-refractivity contribution in [2.75, 3.05) is 13.2 Å². The van der Waals surface area contributed by atoms with Gasteiger partial charge in [-0.2, -0.15) is 0 Å². The molecule has 1 aliphatic heterocycles. The van der Waals surface area contributed by atoms with Gasteiger partial charge in [-0.3, -0.25) is 0 Å². The van der Waals surface area contributed by atoms with E-state index in [4.69, 9.17) is 9.47 Å². The first-order chi connectivity index (χ1) is 9.74. The van der Waals surface area contributed by atoms with Gasteiger partial charge in [0.1, 0.15) is 19.0 Å². The number of para-hydroxylation sites is 1. The Bertz CT molecular complexity index is 595. The Hall–Kier alpha value is -2.07. The summed E-state index contributed by atoms with van der Waals surface area (Å²) in [6.45, 7) is 0.998. The van der Waals surface area contributed by atoms with E-state index in [2.05, 4.69) is 0 Å². The predicted molar refractivity (Wildman–Crippen MR) is 72.5 cm³/mol. The Morgan fingerprint density at radius 2 is 1.80 bits per heavy atom. The molecule has 0 spiro atoms. The lowest BCUT2D eigenvalue weighted by molar-refractivity contribution is 0.146. The first kappa shape index (κ1) is 12.9. The number of hydrogen-bond donors (Lipinski definition) is 1.